The standard InChI is InChI=1S/C12H9ClF3N3/c13-8-3-1-7(2-4-8)10(17)9-5-6-18-11(19-9)12(14,15)16/h1-6,10H,17H2. The van der Waals surface area contributed by atoms with Crippen molar-refractivity contribution in [1.29, 1.82) is 0 Å². The Hall–Kier alpha value is -1.66. The number of hydrogen-bond acceptors (Lipinski definition) is 3. The molecule has 100 valence electrons. The van der Waals surface area contributed by atoms with Crippen molar-refractivity contribution in [3.63, 3.8) is 0 Å². The molecule has 1 heterocycles. The van der Waals surface area contributed by atoms with Crippen LogP contribution in [-0.4, -0.2) is 9.97 Å². The molecule has 0 saturated carbocycles. The van der Waals surface area contributed by atoms with Gasteiger partial charge in [0.1, 0.15) is 0 Å². The highest BCUT2D eigenvalue weighted by molar-refractivity contribution is 6.30. The molecule has 2 rings (SSSR count). The van der Waals surface area contributed by atoms with E-state index in [4.69, 9.17) is 17.3 Å². The highest BCUT2D eigenvalue weighted by Gasteiger charge is 2.35. The Kier molecular flexibility index (Phi) is 3.73. The highest BCUT2D eigenvalue weighted by atomic mass is 35.5. The molecular weight excluding hydrogens is 279 g/mol. The predicted molar refractivity (Wildman–Crippen MR) is 64.5 cm³/mol. The van der Waals surface area contributed by atoms with Gasteiger partial charge in [-0.1, -0.05) is 23.7 Å². The molecule has 0 fully saturated rings. The summed E-state index contributed by atoms with van der Waals surface area (Å²) in [4.78, 5) is 6.64. The van der Waals surface area contributed by atoms with Crippen molar-refractivity contribution in [2.24, 2.45) is 5.73 Å². The van der Waals surface area contributed by atoms with Crippen LogP contribution < -0.4 is 5.73 Å². The zero-order valence-corrected chi connectivity index (χ0v) is 10.3. The first-order valence-corrected chi connectivity index (χ1v) is 5.67. The van der Waals surface area contributed by atoms with Crippen LogP contribution in [0, 0.1) is 0 Å². The van der Waals surface area contributed by atoms with Crippen LogP contribution in [0.4, 0.5) is 13.2 Å². The van der Waals surface area contributed by atoms with Crippen LogP contribution in [0.2, 0.25) is 5.02 Å². The fraction of sp³-hybridized carbons (Fsp3) is 0.167. The molecule has 2 N–H and O–H groups in total. The van der Waals surface area contributed by atoms with Gasteiger partial charge in [-0.3, -0.25) is 0 Å². The van der Waals surface area contributed by atoms with E-state index in [-0.39, 0.29) is 5.69 Å². The molecule has 3 nitrogen and oxygen atoms in total. The van der Waals surface area contributed by atoms with Gasteiger partial charge in [-0.05, 0) is 23.8 Å². The second-order valence-corrected chi connectivity index (χ2v) is 4.27. The van der Waals surface area contributed by atoms with E-state index in [2.05, 4.69) is 9.97 Å². The summed E-state index contributed by atoms with van der Waals surface area (Å²) in [6.45, 7) is 0. The Bertz CT molecular complexity index is 569. The second-order valence-electron chi connectivity index (χ2n) is 3.83. The zero-order chi connectivity index (χ0) is 14.0. The van der Waals surface area contributed by atoms with E-state index >= 15 is 0 Å². The van der Waals surface area contributed by atoms with Crippen LogP contribution in [0.5, 0.6) is 0 Å². The van der Waals surface area contributed by atoms with Crippen molar-refractivity contribution < 1.29 is 13.2 Å². The maximum absolute atomic E-state index is 12.5. The molecule has 0 saturated heterocycles. The van der Waals surface area contributed by atoms with Crippen LogP contribution in [-0.2, 0) is 6.18 Å². The number of benzene rings is 1. The monoisotopic (exact) mass is 287 g/mol. The van der Waals surface area contributed by atoms with E-state index < -0.39 is 18.0 Å². The zero-order valence-electron chi connectivity index (χ0n) is 9.53. The molecule has 0 aliphatic heterocycles. The van der Waals surface area contributed by atoms with Gasteiger partial charge in [0.2, 0.25) is 5.82 Å². The Morgan fingerprint density at radius 3 is 2.32 bits per heavy atom. The normalized spacial score (nSPS) is 13.3. The quantitative estimate of drug-likeness (QED) is 0.923. The van der Waals surface area contributed by atoms with Gasteiger partial charge in [0.05, 0.1) is 11.7 Å². The van der Waals surface area contributed by atoms with Crippen molar-refractivity contribution in [2.75, 3.05) is 0 Å². The first kappa shape index (κ1) is 13.8. The summed E-state index contributed by atoms with van der Waals surface area (Å²) in [5.74, 6) is -1.20. The molecule has 0 bridgehead atoms. The molecule has 0 amide bonds. The number of alkyl halides is 3. The maximum atomic E-state index is 12.5. The van der Waals surface area contributed by atoms with Gasteiger partial charge in [0.15, 0.2) is 0 Å². The van der Waals surface area contributed by atoms with Crippen LogP contribution in [0.1, 0.15) is 23.1 Å². The van der Waals surface area contributed by atoms with E-state index in [1.165, 1.54) is 6.07 Å². The lowest BCUT2D eigenvalue weighted by Crippen LogP contribution is -2.18. The summed E-state index contributed by atoms with van der Waals surface area (Å²) in [6.07, 6.45) is -3.54. The molecule has 1 atom stereocenters. The number of aromatic nitrogens is 2. The highest BCUT2D eigenvalue weighted by Crippen LogP contribution is 2.27. The maximum Gasteiger partial charge on any atom is 0.451 e. The summed E-state index contributed by atoms with van der Waals surface area (Å²) in [5, 5.41) is 0.523. The third-order valence-corrected chi connectivity index (χ3v) is 2.73. The molecule has 0 aliphatic rings. The van der Waals surface area contributed by atoms with Gasteiger partial charge in [-0.25, -0.2) is 9.97 Å². The van der Waals surface area contributed by atoms with Gasteiger partial charge < -0.3 is 5.73 Å². The molecule has 1 aromatic heterocycles. The summed E-state index contributed by atoms with van der Waals surface area (Å²) >= 11 is 5.73. The van der Waals surface area contributed by atoms with E-state index in [0.717, 1.165) is 6.20 Å². The molecule has 1 aromatic carbocycles. The van der Waals surface area contributed by atoms with Gasteiger partial charge >= 0.3 is 6.18 Å². The lowest BCUT2D eigenvalue weighted by molar-refractivity contribution is -0.145. The van der Waals surface area contributed by atoms with Crippen LogP contribution in [0.25, 0.3) is 0 Å². The molecule has 0 aliphatic carbocycles. The molecule has 1 unspecified atom stereocenters. The van der Waals surface area contributed by atoms with Gasteiger partial charge in [-0.15, -0.1) is 0 Å². The van der Waals surface area contributed by atoms with Crippen molar-refractivity contribution >= 4 is 11.6 Å². The minimum absolute atomic E-state index is 0.102. The lowest BCUT2D eigenvalue weighted by Gasteiger charge is -2.13. The SMILES string of the molecule is NC(c1ccc(Cl)cc1)c1ccnc(C(F)(F)F)n1. The van der Waals surface area contributed by atoms with Crippen molar-refractivity contribution in [3.05, 3.63) is 58.6 Å². The Labute approximate surface area is 112 Å². The third kappa shape index (κ3) is 3.21. The van der Waals surface area contributed by atoms with Crippen LogP contribution in [0.15, 0.2) is 36.5 Å². The second kappa shape index (κ2) is 5.14. The largest absolute Gasteiger partial charge is 0.451 e. The third-order valence-electron chi connectivity index (χ3n) is 2.48. The minimum atomic E-state index is -4.59. The number of hydrogen-bond donors (Lipinski definition) is 1. The Morgan fingerprint density at radius 2 is 1.74 bits per heavy atom. The van der Waals surface area contributed by atoms with E-state index in [0.29, 0.717) is 10.6 Å². The van der Waals surface area contributed by atoms with Crippen molar-refractivity contribution in [3.8, 4) is 0 Å². The van der Waals surface area contributed by atoms with Crippen molar-refractivity contribution in [1.82, 2.24) is 9.97 Å². The number of rotatable bonds is 2. The summed E-state index contributed by atoms with van der Waals surface area (Å²) in [7, 11) is 0. The van der Waals surface area contributed by atoms with E-state index in [1.807, 2.05) is 0 Å². The Balaban J connectivity index is 2.34. The van der Waals surface area contributed by atoms with Crippen molar-refractivity contribution in [2.45, 2.75) is 12.2 Å². The summed E-state index contributed by atoms with van der Waals surface area (Å²) in [6, 6.07) is 7.10. The smallest absolute Gasteiger partial charge is 0.319 e. The minimum Gasteiger partial charge on any atom is -0.319 e. The fourth-order valence-corrected chi connectivity index (χ4v) is 1.65. The van der Waals surface area contributed by atoms with Crippen LogP contribution in [0.3, 0.4) is 0 Å². The molecule has 2 aromatic rings. The number of halogens is 4. The fourth-order valence-electron chi connectivity index (χ4n) is 1.52. The van der Waals surface area contributed by atoms with E-state index in [1.54, 1.807) is 24.3 Å². The molecule has 0 spiro atoms. The first-order valence-electron chi connectivity index (χ1n) is 5.29. The number of nitrogens with zero attached hydrogens (tertiary/aromatic N) is 2. The summed E-state index contributed by atoms with van der Waals surface area (Å²) in [5.41, 5.74) is 6.60. The average Bonchev–Trinajstić information content (AvgIpc) is 2.38. The molecule has 7 heteroatoms. The predicted octanol–water partition coefficient (Wildman–Crippen LogP) is 3.20. The van der Waals surface area contributed by atoms with E-state index in [9.17, 15) is 13.2 Å². The topological polar surface area (TPSA) is 51.8 Å². The molecule has 19 heavy (non-hydrogen) atoms. The number of nitrogens with two attached hydrogens (primary N) is 1. The van der Waals surface area contributed by atoms with Gasteiger partial charge in [-0.2, -0.15) is 13.2 Å². The summed E-state index contributed by atoms with van der Waals surface area (Å²) < 4.78 is 37.5. The Morgan fingerprint density at radius 1 is 1.11 bits per heavy atom. The lowest BCUT2D eigenvalue weighted by atomic mass is 10.0. The van der Waals surface area contributed by atoms with Gasteiger partial charge in [0.25, 0.3) is 0 Å². The average molecular weight is 288 g/mol. The van der Waals surface area contributed by atoms with Gasteiger partial charge in [0, 0.05) is 11.2 Å². The molecular formula is C12H9ClF3N3. The molecule has 0 radical (unpaired) electrons. The first-order chi connectivity index (χ1) is 8.88. The van der Waals surface area contributed by atoms with Crippen LogP contribution >= 0.6 is 11.6 Å².